The van der Waals surface area contributed by atoms with Crippen LogP contribution in [-0.2, 0) is 11.2 Å². The van der Waals surface area contributed by atoms with Gasteiger partial charge in [0.2, 0.25) is 0 Å². The maximum atomic E-state index is 13.8. The predicted octanol–water partition coefficient (Wildman–Crippen LogP) is 4.05. The van der Waals surface area contributed by atoms with Crippen LogP contribution in [0.4, 0.5) is 4.39 Å². The molecule has 1 N–H and O–H groups in total. The molecule has 1 atom stereocenters. The van der Waals surface area contributed by atoms with E-state index in [1.165, 1.54) is 0 Å². The van der Waals surface area contributed by atoms with Crippen LogP contribution < -0.4 is 5.32 Å². The summed E-state index contributed by atoms with van der Waals surface area (Å²) >= 11 is 0. The van der Waals surface area contributed by atoms with Crippen LogP contribution in [0.15, 0.2) is 24.3 Å². The smallest absolute Gasteiger partial charge is 0.126 e. The Balaban J connectivity index is 2.45. The zero-order chi connectivity index (χ0) is 15.5. The lowest BCUT2D eigenvalue weighted by Gasteiger charge is -2.18. The van der Waals surface area contributed by atoms with Crippen LogP contribution in [0.25, 0.3) is 0 Å². The van der Waals surface area contributed by atoms with Crippen molar-refractivity contribution in [2.24, 2.45) is 11.8 Å². The zero-order valence-corrected chi connectivity index (χ0v) is 13.7. The van der Waals surface area contributed by atoms with Gasteiger partial charge in [-0.3, -0.25) is 0 Å². The molecule has 3 heteroatoms. The first-order valence-electron chi connectivity index (χ1n) is 8.15. The van der Waals surface area contributed by atoms with Crippen molar-refractivity contribution >= 4 is 0 Å². The molecule has 0 saturated carbocycles. The molecular weight excluding hydrogens is 265 g/mol. The van der Waals surface area contributed by atoms with E-state index in [-0.39, 0.29) is 5.82 Å². The van der Waals surface area contributed by atoms with Crippen molar-refractivity contribution in [3.63, 3.8) is 0 Å². The van der Waals surface area contributed by atoms with E-state index in [4.69, 9.17) is 4.74 Å². The molecule has 0 fully saturated rings. The molecule has 1 unspecified atom stereocenters. The van der Waals surface area contributed by atoms with Crippen LogP contribution in [-0.4, -0.2) is 26.3 Å². The predicted molar refractivity (Wildman–Crippen MR) is 87.0 cm³/mol. The number of rotatable bonds is 11. The molecule has 2 nitrogen and oxygen atoms in total. The molecule has 0 aliphatic rings. The van der Waals surface area contributed by atoms with Crippen molar-refractivity contribution in [1.29, 1.82) is 0 Å². The highest BCUT2D eigenvalue weighted by molar-refractivity contribution is 5.17. The number of ether oxygens (including phenoxy) is 1. The van der Waals surface area contributed by atoms with Crippen molar-refractivity contribution in [1.82, 2.24) is 5.32 Å². The largest absolute Gasteiger partial charge is 0.381 e. The highest BCUT2D eigenvalue weighted by Gasteiger charge is 2.12. The van der Waals surface area contributed by atoms with Crippen LogP contribution in [0.2, 0.25) is 0 Å². The van der Waals surface area contributed by atoms with Crippen molar-refractivity contribution in [2.75, 3.05) is 26.3 Å². The molecule has 1 aromatic rings. The Morgan fingerprint density at radius 2 is 2.00 bits per heavy atom. The van der Waals surface area contributed by atoms with Crippen LogP contribution >= 0.6 is 0 Å². The van der Waals surface area contributed by atoms with Crippen LogP contribution in [0.1, 0.15) is 39.2 Å². The maximum Gasteiger partial charge on any atom is 0.126 e. The van der Waals surface area contributed by atoms with E-state index < -0.39 is 0 Å². The average Bonchev–Trinajstić information content (AvgIpc) is 2.45. The Morgan fingerprint density at radius 3 is 2.67 bits per heavy atom. The fourth-order valence-corrected chi connectivity index (χ4v) is 2.30. The van der Waals surface area contributed by atoms with Gasteiger partial charge < -0.3 is 10.1 Å². The van der Waals surface area contributed by atoms with Crippen LogP contribution in [0, 0.1) is 17.7 Å². The van der Waals surface area contributed by atoms with Crippen molar-refractivity contribution < 1.29 is 9.13 Å². The SMILES string of the molecule is CCCNCC(CCOCC(C)C)Cc1ccccc1F. The van der Waals surface area contributed by atoms with Gasteiger partial charge in [0.05, 0.1) is 0 Å². The lowest BCUT2D eigenvalue weighted by Crippen LogP contribution is -2.26. The third kappa shape index (κ3) is 8.18. The lowest BCUT2D eigenvalue weighted by molar-refractivity contribution is 0.0975. The molecule has 0 aliphatic carbocycles. The molecule has 0 radical (unpaired) electrons. The minimum atomic E-state index is -0.0962. The highest BCUT2D eigenvalue weighted by atomic mass is 19.1. The third-order valence-corrected chi connectivity index (χ3v) is 3.45. The van der Waals surface area contributed by atoms with E-state index in [1.54, 1.807) is 12.1 Å². The molecule has 0 saturated heterocycles. The molecule has 0 spiro atoms. The molecule has 120 valence electrons. The van der Waals surface area contributed by atoms with Crippen molar-refractivity contribution in [3.8, 4) is 0 Å². The second-order valence-electron chi connectivity index (χ2n) is 6.12. The van der Waals surface area contributed by atoms with E-state index in [1.807, 2.05) is 12.1 Å². The second kappa shape index (κ2) is 10.7. The van der Waals surface area contributed by atoms with Crippen LogP contribution in [0.3, 0.4) is 0 Å². The normalized spacial score (nSPS) is 12.8. The molecule has 21 heavy (non-hydrogen) atoms. The Hall–Kier alpha value is -0.930. The first-order chi connectivity index (χ1) is 10.1. The summed E-state index contributed by atoms with van der Waals surface area (Å²) < 4.78 is 19.5. The second-order valence-corrected chi connectivity index (χ2v) is 6.12. The number of hydrogen-bond donors (Lipinski definition) is 1. The standard InChI is InChI=1S/C18H30FNO/c1-4-10-20-13-16(9-11-21-14-15(2)3)12-17-7-5-6-8-18(17)19/h5-8,15-16,20H,4,9-14H2,1-3H3. The molecule has 0 heterocycles. The van der Waals surface area contributed by atoms with Gasteiger partial charge in [0, 0.05) is 13.2 Å². The van der Waals surface area contributed by atoms with Crippen molar-refractivity contribution in [3.05, 3.63) is 35.6 Å². The quantitative estimate of drug-likeness (QED) is 0.622. The van der Waals surface area contributed by atoms with E-state index in [0.717, 1.165) is 51.1 Å². The Labute approximate surface area is 129 Å². The number of nitrogens with one attached hydrogen (secondary N) is 1. The monoisotopic (exact) mass is 295 g/mol. The van der Waals surface area contributed by atoms with Gasteiger partial charge in [0.15, 0.2) is 0 Å². The summed E-state index contributed by atoms with van der Waals surface area (Å²) in [6.07, 6.45) is 2.86. The fourth-order valence-electron chi connectivity index (χ4n) is 2.30. The summed E-state index contributed by atoms with van der Waals surface area (Å²) in [5.74, 6) is 0.884. The first kappa shape index (κ1) is 18.1. The summed E-state index contributed by atoms with van der Waals surface area (Å²) in [6, 6.07) is 7.08. The van der Waals surface area contributed by atoms with E-state index in [9.17, 15) is 4.39 Å². The van der Waals surface area contributed by atoms with E-state index >= 15 is 0 Å². The molecule has 0 amide bonds. The maximum absolute atomic E-state index is 13.8. The first-order valence-corrected chi connectivity index (χ1v) is 8.15. The van der Waals surface area contributed by atoms with Gasteiger partial charge in [-0.15, -0.1) is 0 Å². The van der Waals surface area contributed by atoms with Gasteiger partial charge in [-0.25, -0.2) is 4.39 Å². The Kier molecular flexibility index (Phi) is 9.27. The number of hydrogen-bond acceptors (Lipinski definition) is 2. The lowest BCUT2D eigenvalue weighted by atomic mass is 9.96. The summed E-state index contributed by atoms with van der Waals surface area (Å²) in [5.41, 5.74) is 0.810. The topological polar surface area (TPSA) is 21.3 Å². The van der Waals surface area contributed by atoms with Crippen molar-refractivity contribution in [2.45, 2.75) is 40.0 Å². The molecule has 0 aliphatic heterocycles. The zero-order valence-electron chi connectivity index (χ0n) is 13.7. The molecular formula is C18H30FNO. The van der Waals surface area contributed by atoms with Gasteiger partial charge in [-0.05, 0) is 55.8 Å². The minimum absolute atomic E-state index is 0.0962. The molecule has 1 aromatic carbocycles. The van der Waals surface area contributed by atoms with E-state index in [0.29, 0.717) is 11.8 Å². The van der Waals surface area contributed by atoms with Gasteiger partial charge >= 0.3 is 0 Å². The summed E-state index contributed by atoms with van der Waals surface area (Å²) in [4.78, 5) is 0. The minimum Gasteiger partial charge on any atom is -0.381 e. The van der Waals surface area contributed by atoms with Gasteiger partial charge in [0.1, 0.15) is 5.82 Å². The van der Waals surface area contributed by atoms with Gasteiger partial charge in [-0.2, -0.15) is 0 Å². The molecule has 0 bridgehead atoms. The summed E-state index contributed by atoms with van der Waals surface area (Å²) in [5, 5.41) is 3.45. The van der Waals surface area contributed by atoms with Crippen LogP contribution in [0.5, 0.6) is 0 Å². The number of benzene rings is 1. The van der Waals surface area contributed by atoms with Gasteiger partial charge in [0.25, 0.3) is 0 Å². The average molecular weight is 295 g/mol. The van der Waals surface area contributed by atoms with Gasteiger partial charge in [-0.1, -0.05) is 39.0 Å². The summed E-state index contributed by atoms with van der Waals surface area (Å²) in [7, 11) is 0. The Morgan fingerprint density at radius 1 is 1.24 bits per heavy atom. The third-order valence-electron chi connectivity index (χ3n) is 3.45. The Bertz CT molecular complexity index is 381. The number of halogens is 1. The highest BCUT2D eigenvalue weighted by Crippen LogP contribution is 2.15. The molecule has 0 aromatic heterocycles. The fraction of sp³-hybridized carbons (Fsp3) is 0.667. The summed E-state index contributed by atoms with van der Waals surface area (Å²) in [6.45, 7) is 9.96. The van der Waals surface area contributed by atoms with E-state index in [2.05, 4.69) is 26.1 Å². The molecule has 1 rings (SSSR count).